The largest absolute Gasteiger partial charge is 0.494 e. The summed E-state index contributed by atoms with van der Waals surface area (Å²) in [6, 6.07) is 4.41. The third-order valence-corrected chi connectivity index (χ3v) is 3.72. The predicted octanol–water partition coefficient (Wildman–Crippen LogP) is 3.56. The third-order valence-electron chi connectivity index (χ3n) is 3.72. The molecule has 2 aromatic rings. The fourth-order valence-electron chi connectivity index (χ4n) is 2.61. The standard InChI is InChI=1S/C16H23N3O/c1-5-13(9-14-10-17-19-18-14)15-7-12(4)16(20-6-2)8-11(15)3/h7-8,10,13H,5-6,9H2,1-4H3,(H,17,18,19). The molecular formula is C16H23N3O. The highest BCUT2D eigenvalue weighted by atomic mass is 16.5. The second-order valence-electron chi connectivity index (χ2n) is 5.18. The van der Waals surface area contributed by atoms with E-state index >= 15 is 0 Å². The van der Waals surface area contributed by atoms with E-state index in [0.29, 0.717) is 12.5 Å². The molecule has 0 aliphatic heterocycles. The number of H-pyrrole nitrogens is 1. The minimum atomic E-state index is 0.467. The van der Waals surface area contributed by atoms with Crippen LogP contribution in [-0.4, -0.2) is 22.0 Å². The van der Waals surface area contributed by atoms with Gasteiger partial charge in [0.25, 0.3) is 0 Å². The highest BCUT2D eigenvalue weighted by Gasteiger charge is 2.16. The molecule has 108 valence electrons. The van der Waals surface area contributed by atoms with Crippen molar-refractivity contribution in [2.24, 2.45) is 0 Å². The Morgan fingerprint density at radius 2 is 2.00 bits per heavy atom. The number of aromatic nitrogens is 3. The lowest BCUT2D eigenvalue weighted by atomic mass is 9.88. The molecule has 1 N–H and O–H groups in total. The van der Waals surface area contributed by atoms with E-state index in [0.717, 1.165) is 24.3 Å². The maximum Gasteiger partial charge on any atom is 0.122 e. The van der Waals surface area contributed by atoms with E-state index in [1.165, 1.54) is 16.7 Å². The first-order valence-corrected chi connectivity index (χ1v) is 7.24. The molecule has 1 atom stereocenters. The monoisotopic (exact) mass is 273 g/mol. The van der Waals surface area contributed by atoms with Crippen LogP contribution in [0, 0.1) is 13.8 Å². The first-order valence-electron chi connectivity index (χ1n) is 7.24. The van der Waals surface area contributed by atoms with Gasteiger partial charge in [-0.25, -0.2) is 0 Å². The summed E-state index contributed by atoms with van der Waals surface area (Å²) in [6.07, 6.45) is 3.81. The van der Waals surface area contributed by atoms with Gasteiger partial charge < -0.3 is 4.74 Å². The van der Waals surface area contributed by atoms with Gasteiger partial charge in [0.15, 0.2) is 0 Å². The molecule has 0 amide bonds. The van der Waals surface area contributed by atoms with Crippen molar-refractivity contribution in [2.45, 2.75) is 46.5 Å². The Bertz CT molecular complexity index is 549. The van der Waals surface area contributed by atoms with Gasteiger partial charge in [-0.2, -0.15) is 15.4 Å². The topological polar surface area (TPSA) is 50.8 Å². The Labute approximate surface area is 120 Å². The Kier molecular flexibility index (Phi) is 4.77. The molecule has 0 radical (unpaired) electrons. The molecule has 4 heteroatoms. The second kappa shape index (κ2) is 6.55. The molecule has 1 unspecified atom stereocenters. The second-order valence-corrected chi connectivity index (χ2v) is 5.18. The quantitative estimate of drug-likeness (QED) is 0.875. The minimum Gasteiger partial charge on any atom is -0.494 e. The molecule has 1 aromatic carbocycles. The fraction of sp³-hybridized carbons (Fsp3) is 0.500. The van der Waals surface area contributed by atoms with Crippen molar-refractivity contribution in [1.29, 1.82) is 0 Å². The van der Waals surface area contributed by atoms with Crippen LogP contribution in [0.25, 0.3) is 0 Å². The molecule has 2 rings (SSSR count). The third kappa shape index (κ3) is 3.18. The van der Waals surface area contributed by atoms with Crippen LogP contribution in [0.4, 0.5) is 0 Å². The summed E-state index contributed by atoms with van der Waals surface area (Å²) in [5.74, 6) is 1.46. The zero-order chi connectivity index (χ0) is 14.5. The lowest BCUT2D eigenvalue weighted by molar-refractivity contribution is 0.337. The molecule has 1 aromatic heterocycles. The number of aromatic amines is 1. The van der Waals surface area contributed by atoms with E-state index in [2.05, 4.69) is 48.3 Å². The number of rotatable bonds is 6. The number of nitrogens with one attached hydrogen (secondary N) is 1. The summed E-state index contributed by atoms with van der Waals surface area (Å²) in [7, 11) is 0. The first kappa shape index (κ1) is 14.6. The van der Waals surface area contributed by atoms with Crippen LogP contribution in [0.2, 0.25) is 0 Å². The van der Waals surface area contributed by atoms with E-state index in [1.807, 2.05) is 6.92 Å². The minimum absolute atomic E-state index is 0.467. The summed E-state index contributed by atoms with van der Waals surface area (Å²) < 4.78 is 5.66. The molecule has 4 nitrogen and oxygen atoms in total. The predicted molar refractivity (Wildman–Crippen MR) is 80.2 cm³/mol. The Morgan fingerprint density at radius 3 is 2.60 bits per heavy atom. The number of nitrogens with zero attached hydrogens (tertiary/aromatic N) is 2. The SMILES string of the molecule is CCOc1cc(C)c(C(CC)Cc2cn[nH]n2)cc1C. The zero-order valence-electron chi connectivity index (χ0n) is 12.7. The summed E-state index contributed by atoms with van der Waals surface area (Å²) in [5, 5.41) is 10.7. The van der Waals surface area contributed by atoms with Gasteiger partial charge in [0.05, 0.1) is 18.5 Å². The van der Waals surface area contributed by atoms with Crippen LogP contribution in [0.15, 0.2) is 18.3 Å². The molecule has 0 aliphatic carbocycles. The number of aryl methyl sites for hydroxylation is 2. The number of ether oxygens (including phenoxy) is 1. The maximum atomic E-state index is 5.66. The Hall–Kier alpha value is -1.84. The van der Waals surface area contributed by atoms with Gasteiger partial charge in [-0.15, -0.1) is 0 Å². The van der Waals surface area contributed by atoms with Gasteiger partial charge in [-0.1, -0.05) is 13.0 Å². The summed E-state index contributed by atoms with van der Waals surface area (Å²) in [5.41, 5.74) is 4.89. The smallest absolute Gasteiger partial charge is 0.122 e. The van der Waals surface area contributed by atoms with Gasteiger partial charge in [-0.3, -0.25) is 0 Å². The van der Waals surface area contributed by atoms with Crippen LogP contribution < -0.4 is 4.74 Å². The Balaban J connectivity index is 2.27. The molecule has 0 spiro atoms. The van der Waals surface area contributed by atoms with E-state index in [4.69, 9.17) is 4.74 Å². The van der Waals surface area contributed by atoms with Gasteiger partial charge in [0.1, 0.15) is 5.75 Å². The summed E-state index contributed by atoms with van der Waals surface area (Å²) in [4.78, 5) is 0. The van der Waals surface area contributed by atoms with Crippen molar-refractivity contribution < 1.29 is 4.74 Å². The molecular weight excluding hydrogens is 250 g/mol. The normalized spacial score (nSPS) is 12.4. The molecule has 0 bridgehead atoms. The van der Waals surface area contributed by atoms with Crippen molar-refractivity contribution in [3.05, 3.63) is 40.7 Å². The van der Waals surface area contributed by atoms with Crippen LogP contribution in [-0.2, 0) is 6.42 Å². The van der Waals surface area contributed by atoms with Gasteiger partial charge in [0, 0.05) is 0 Å². The number of hydrogen-bond donors (Lipinski definition) is 1. The van der Waals surface area contributed by atoms with E-state index in [9.17, 15) is 0 Å². The van der Waals surface area contributed by atoms with Crippen molar-refractivity contribution in [2.75, 3.05) is 6.61 Å². The molecule has 0 saturated heterocycles. The average molecular weight is 273 g/mol. The molecule has 0 fully saturated rings. The molecule has 0 aliphatic rings. The lowest BCUT2D eigenvalue weighted by Gasteiger charge is -2.19. The van der Waals surface area contributed by atoms with Gasteiger partial charge in [0.2, 0.25) is 0 Å². The van der Waals surface area contributed by atoms with E-state index in [-0.39, 0.29) is 0 Å². The Morgan fingerprint density at radius 1 is 1.20 bits per heavy atom. The van der Waals surface area contributed by atoms with Crippen molar-refractivity contribution in [1.82, 2.24) is 15.4 Å². The van der Waals surface area contributed by atoms with Crippen molar-refractivity contribution in [3.8, 4) is 5.75 Å². The van der Waals surface area contributed by atoms with Crippen molar-refractivity contribution in [3.63, 3.8) is 0 Å². The van der Waals surface area contributed by atoms with Crippen LogP contribution in [0.3, 0.4) is 0 Å². The number of hydrogen-bond acceptors (Lipinski definition) is 3. The number of benzene rings is 1. The highest BCUT2D eigenvalue weighted by molar-refractivity contribution is 5.43. The van der Waals surface area contributed by atoms with Crippen LogP contribution in [0.1, 0.15) is 48.6 Å². The van der Waals surface area contributed by atoms with Gasteiger partial charge in [-0.05, 0) is 62.3 Å². The van der Waals surface area contributed by atoms with Crippen LogP contribution in [0.5, 0.6) is 5.75 Å². The highest BCUT2D eigenvalue weighted by Crippen LogP contribution is 2.31. The maximum absolute atomic E-state index is 5.66. The van der Waals surface area contributed by atoms with Crippen molar-refractivity contribution >= 4 is 0 Å². The first-order chi connectivity index (χ1) is 9.65. The van der Waals surface area contributed by atoms with Crippen LogP contribution >= 0.6 is 0 Å². The van der Waals surface area contributed by atoms with E-state index in [1.54, 1.807) is 6.20 Å². The van der Waals surface area contributed by atoms with Gasteiger partial charge >= 0.3 is 0 Å². The molecule has 20 heavy (non-hydrogen) atoms. The molecule has 1 heterocycles. The summed E-state index contributed by atoms with van der Waals surface area (Å²) >= 11 is 0. The molecule has 0 saturated carbocycles. The zero-order valence-corrected chi connectivity index (χ0v) is 12.7. The summed E-state index contributed by atoms with van der Waals surface area (Å²) in [6.45, 7) is 9.20. The average Bonchev–Trinajstić information content (AvgIpc) is 2.93. The fourth-order valence-corrected chi connectivity index (χ4v) is 2.61. The lowest BCUT2D eigenvalue weighted by Crippen LogP contribution is -2.06. The van der Waals surface area contributed by atoms with E-state index < -0.39 is 0 Å².